The lowest BCUT2D eigenvalue weighted by Crippen LogP contribution is -1.97. The van der Waals surface area contributed by atoms with Crippen LogP contribution in [0, 0.1) is 0 Å². The summed E-state index contributed by atoms with van der Waals surface area (Å²) in [5.74, 6) is 0. The molecule has 0 radical (unpaired) electrons. The van der Waals surface area contributed by atoms with Crippen molar-refractivity contribution < 1.29 is 9.59 Å². The van der Waals surface area contributed by atoms with Gasteiger partial charge >= 0.3 is 0 Å². The van der Waals surface area contributed by atoms with Crippen LogP contribution in [-0.4, -0.2) is 7.58 Å². The van der Waals surface area contributed by atoms with Crippen molar-refractivity contribution in [3.8, 4) is 0 Å². The predicted molar refractivity (Wildman–Crippen MR) is 67.6 cm³/mol. The molecule has 0 aromatic heterocycles. The zero-order valence-electron chi connectivity index (χ0n) is 6.38. The minimum Gasteiger partial charge on any atom is -0.399 e. The summed E-state index contributed by atoms with van der Waals surface area (Å²) in [7, 11) is 0. The lowest BCUT2D eigenvalue weighted by atomic mass is 10.1. The molecule has 0 saturated heterocycles. The number of hydrogen-bond donors (Lipinski definition) is 1. The van der Waals surface area contributed by atoms with Gasteiger partial charge in [0.1, 0.15) is 0 Å². The van der Waals surface area contributed by atoms with Crippen molar-refractivity contribution in [2.75, 3.05) is 5.73 Å². The number of nitrogen functional groups attached to an aromatic ring is 1. The summed E-state index contributed by atoms with van der Waals surface area (Å²) in [4.78, 5) is 22.0. The molecule has 0 unspecified atom stereocenters. The molecule has 0 aliphatic rings. The van der Waals surface area contributed by atoms with Gasteiger partial charge in [0.05, 0.1) is 0 Å². The van der Waals surface area contributed by atoms with Crippen LogP contribution in [0.25, 0.3) is 0 Å². The summed E-state index contributed by atoms with van der Waals surface area (Å²) in [6.45, 7) is 0. The molecule has 0 bridgehead atoms. The maximum Gasteiger partial charge on any atom is 0.222 e. The quantitative estimate of drug-likeness (QED) is 0.471. The predicted octanol–water partition coefficient (Wildman–Crippen LogP) is 2.42. The zero-order valence-corrected chi connectivity index (χ0v) is 10.7. The molecule has 0 spiro atoms. The number of carbonyl (C=O) groups is 2. The molecule has 1 rings (SSSR count). The molecule has 0 heterocycles. The van der Waals surface area contributed by atoms with Crippen LogP contribution in [0.3, 0.4) is 0 Å². The van der Waals surface area contributed by atoms with Gasteiger partial charge < -0.3 is 5.73 Å². The van der Waals surface area contributed by atoms with E-state index in [-0.39, 0.29) is 7.58 Å². The third-order valence-corrected chi connectivity index (χ3v) is 2.65. The molecular formula is C8H5I2NO2. The van der Waals surface area contributed by atoms with E-state index in [0.717, 1.165) is 0 Å². The average molecular weight is 401 g/mol. The molecule has 0 aliphatic heterocycles. The van der Waals surface area contributed by atoms with E-state index >= 15 is 0 Å². The number of nitrogens with two attached hydrogens (primary N) is 1. The van der Waals surface area contributed by atoms with E-state index in [1.54, 1.807) is 63.4 Å². The van der Waals surface area contributed by atoms with E-state index in [0.29, 0.717) is 16.8 Å². The summed E-state index contributed by atoms with van der Waals surface area (Å²) in [6, 6.07) is 4.65. The van der Waals surface area contributed by atoms with Gasteiger partial charge in [0, 0.05) is 62.0 Å². The van der Waals surface area contributed by atoms with Crippen molar-refractivity contribution in [3.63, 3.8) is 0 Å². The minimum absolute atomic E-state index is 0.121. The normalized spacial score (nSPS) is 9.69. The van der Waals surface area contributed by atoms with Crippen molar-refractivity contribution in [2.24, 2.45) is 0 Å². The largest absolute Gasteiger partial charge is 0.399 e. The van der Waals surface area contributed by atoms with Crippen LogP contribution in [0.4, 0.5) is 5.69 Å². The highest BCUT2D eigenvalue weighted by atomic mass is 127. The summed E-state index contributed by atoms with van der Waals surface area (Å²) in [5, 5.41) is 0. The van der Waals surface area contributed by atoms with Crippen molar-refractivity contribution in [3.05, 3.63) is 29.3 Å². The summed E-state index contributed by atoms with van der Waals surface area (Å²) >= 11 is 3.31. The second-order valence-corrected chi connectivity index (χ2v) is 4.35. The van der Waals surface area contributed by atoms with Gasteiger partial charge in [0.15, 0.2) is 0 Å². The van der Waals surface area contributed by atoms with Gasteiger partial charge in [-0.15, -0.1) is 0 Å². The lowest BCUT2D eigenvalue weighted by molar-refractivity contribution is 0.110. The van der Waals surface area contributed by atoms with E-state index in [2.05, 4.69) is 0 Å². The summed E-state index contributed by atoms with van der Waals surface area (Å²) in [5.41, 5.74) is 6.87. The van der Waals surface area contributed by atoms with Gasteiger partial charge in [-0.3, -0.25) is 9.59 Å². The van der Waals surface area contributed by atoms with E-state index in [1.165, 1.54) is 0 Å². The first kappa shape index (κ1) is 10.9. The zero-order chi connectivity index (χ0) is 10.0. The van der Waals surface area contributed by atoms with Crippen LogP contribution < -0.4 is 5.73 Å². The van der Waals surface area contributed by atoms with Crippen LogP contribution in [0.15, 0.2) is 18.2 Å². The highest BCUT2D eigenvalue weighted by molar-refractivity contribution is 14.1. The molecule has 0 fully saturated rings. The number of carbonyl (C=O) groups excluding carboxylic acids is 2. The topological polar surface area (TPSA) is 60.2 Å². The number of halogens is 2. The van der Waals surface area contributed by atoms with E-state index in [9.17, 15) is 9.59 Å². The molecule has 1 aromatic carbocycles. The molecule has 13 heavy (non-hydrogen) atoms. The monoisotopic (exact) mass is 401 g/mol. The fourth-order valence-electron chi connectivity index (χ4n) is 0.879. The second kappa shape index (κ2) is 4.36. The molecule has 5 heteroatoms. The number of rotatable bonds is 2. The van der Waals surface area contributed by atoms with Crippen molar-refractivity contribution in [2.45, 2.75) is 0 Å². The Bertz CT molecular complexity index is 344. The van der Waals surface area contributed by atoms with Crippen LogP contribution in [0.5, 0.6) is 0 Å². The van der Waals surface area contributed by atoms with Gasteiger partial charge in [-0.1, -0.05) is 0 Å². The number of hydrogen-bond acceptors (Lipinski definition) is 3. The van der Waals surface area contributed by atoms with Gasteiger partial charge in [-0.05, 0) is 18.2 Å². The van der Waals surface area contributed by atoms with E-state index in [1.807, 2.05) is 0 Å². The highest BCUT2D eigenvalue weighted by Gasteiger charge is 2.07. The molecule has 0 aliphatic carbocycles. The summed E-state index contributed by atoms with van der Waals surface area (Å²) < 4.78 is -0.243. The molecule has 0 saturated carbocycles. The van der Waals surface area contributed by atoms with Crippen molar-refractivity contribution in [1.82, 2.24) is 0 Å². The van der Waals surface area contributed by atoms with E-state index in [4.69, 9.17) is 5.73 Å². The Balaban J connectivity index is 3.26. The third kappa shape index (κ3) is 2.90. The number of anilines is 1. The maximum atomic E-state index is 11.0. The Kier molecular flexibility index (Phi) is 3.65. The minimum atomic E-state index is -0.121. The lowest BCUT2D eigenvalue weighted by Gasteiger charge is -2.00. The Labute approximate surface area is 102 Å². The van der Waals surface area contributed by atoms with Gasteiger partial charge in [0.25, 0.3) is 0 Å². The fourth-order valence-corrected chi connectivity index (χ4v) is 1.50. The van der Waals surface area contributed by atoms with Crippen molar-refractivity contribution >= 4 is 58.4 Å². The Morgan fingerprint density at radius 2 is 1.38 bits per heavy atom. The first-order valence-electron chi connectivity index (χ1n) is 3.31. The first-order valence-corrected chi connectivity index (χ1v) is 5.46. The molecule has 1 aromatic rings. The van der Waals surface area contributed by atoms with Gasteiger partial charge in [0.2, 0.25) is 7.58 Å². The molecule has 0 atom stereocenters. The smallest absolute Gasteiger partial charge is 0.222 e. The van der Waals surface area contributed by atoms with Crippen LogP contribution in [-0.2, 0) is 0 Å². The Hall–Kier alpha value is -0.180. The number of benzene rings is 1. The Morgan fingerprint density at radius 1 is 1.00 bits per heavy atom. The van der Waals surface area contributed by atoms with Crippen LogP contribution in [0.1, 0.15) is 20.7 Å². The highest BCUT2D eigenvalue weighted by Crippen LogP contribution is 2.17. The fraction of sp³-hybridized carbons (Fsp3) is 0. The SMILES string of the molecule is Nc1cc(C(=O)I)cc(C(=O)I)c1. The van der Waals surface area contributed by atoms with Crippen LogP contribution in [0.2, 0.25) is 0 Å². The molecule has 3 nitrogen and oxygen atoms in total. The molecule has 68 valence electrons. The molecule has 0 amide bonds. The first-order chi connectivity index (χ1) is 6.00. The Morgan fingerprint density at radius 3 is 1.69 bits per heavy atom. The van der Waals surface area contributed by atoms with Gasteiger partial charge in [-0.2, -0.15) is 0 Å². The van der Waals surface area contributed by atoms with Gasteiger partial charge in [-0.25, -0.2) is 0 Å². The standard InChI is InChI=1S/C8H5I2NO2/c9-7(12)4-1-5(8(10)13)3-6(11)2-4/h1-3H,11H2. The molecule has 2 N–H and O–H groups in total. The van der Waals surface area contributed by atoms with Crippen LogP contribution >= 0.6 is 45.2 Å². The van der Waals surface area contributed by atoms with Crippen molar-refractivity contribution in [1.29, 1.82) is 0 Å². The second-order valence-electron chi connectivity index (χ2n) is 2.39. The maximum absolute atomic E-state index is 11.0. The summed E-state index contributed by atoms with van der Waals surface area (Å²) in [6.07, 6.45) is 0. The molecular weight excluding hydrogens is 396 g/mol. The van der Waals surface area contributed by atoms with E-state index < -0.39 is 0 Å². The third-order valence-electron chi connectivity index (χ3n) is 1.41. The average Bonchev–Trinajstić information content (AvgIpc) is 2.03.